The second-order valence-electron chi connectivity index (χ2n) is 11.9. The Hall–Kier alpha value is -3.82. The van der Waals surface area contributed by atoms with Crippen LogP contribution < -0.4 is 15.9 Å². The molecule has 0 spiro atoms. The first-order valence-electron chi connectivity index (χ1n) is 14.4. The number of sulfonamides is 1. The second kappa shape index (κ2) is 12.0. The van der Waals surface area contributed by atoms with Gasteiger partial charge in [0, 0.05) is 31.3 Å². The van der Waals surface area contributed by atoms with E-state index in [1.165, 1.54) is 4.31 Å². The molecule has 5 aromatic rings. The molecule has 1 N–H and O–H groups in total. The number of aromatic nitrogens is 1. The van der Waals surface area contributed by atoms with E-state index in [1.54, 1.807) is 37.4 Å². The van der Waals surface area contributed by atoms with Gasteiger partial charge in [-0.25, -0.2) is 8.42 Å². The number of nitrogens with zero attached hydrogens (tertiary/aromatic N) is 1. The van der Waals surface area contributed by atoms with E-state index in [0.717, 1.165) is 26.9 Å². The molecule has 0 radical (unpaired) electrons. The zero-order valence-electron chi connectivity index (χ0n) is 25.3. The maximum atomic E-state index is 13.6. The Morgan fingerprint density at radius 1 is 0.791 bits per heavy atom. The molecular weight excluding hydrogens is 573 g/mol. The molecule has 0 bridgehead atoms. The Labute approximate surface area is 255 Å². The Bertz CT molecular complexity index is 1840. The average molecular weight is 611 g/mol. The number of aromatic amines is 1. The molecule has 0 saturated heterocycles. The highest BCUT2D eigenvalue weighted by Crippen LogP contribution is 2.36. The molecule has 0 saturated carbocycles. The number of fused-ring (bicyclic) bond motifs is 1. The lowest BCUT2D eigenvalue weighted by Crippen LogP contribution is -2.67. The van der Waals surface area contributed by atoms with Gasteiger partial charge in [-0.05, 0) is 63.1 Å². The summed E-state index contributed by atoms with van der Waals surface area (Å²) in [6.45, 7) is 9.01. The number of pyridine rings is 1. The Morgan fingerprint density at radius 3 is 1.93 bits per heavy atom. The molecule has 0 aliphatic heterocycles. The van der Waals surface area contributed by atoms with Crippen LogP contribution in [0.4, 0.5) is 0 Å². The summed E-state index contributed by atoms with van der Waals surface area (Å²) in [7, 11) is -4.97. The zero-order valence-corrected chi connectivity index (χ0v) is 27.1. The highest BCUT2D eigenvalue weighted by atomic mass is 32.2. The Kier molecular flexibility index (Phi) is 8.58. The van der Waals surface area contributed by atoms with E-state index in [4.69, 9.17) is 4.43 Å². The minimum atomic E-state index is -3.77. The fraction of sp³-hybridized carbons (Fsp3) is 0.229. The molecule has 0 unspecified atom stereocenters. The quantitative estimate of drug-likeness (QED) is 0.217. The molecule has 6 nitrogen and oxygen atoms in total. The zero-order chi connectivity index (χ0) is 30.8. The monoisotopic (exact) mass is 610 g/mol. The molecule has 1 heterocycles. The predicted octanol–water partition coefficient (Wildman–Crippen LogP) is 5.70. The molecule has 4 aromatic carbocycles. The van der Waals surface area contributed by atoms with Crippen LogP contribution in [0.1, 0.15) is 26.3 Å². The number of H-pyrrole nitrogens is 1. The lowest BCUT2D eigenvalue weighted by atomic mass is 10.0. The van der Waals surface area contributed by atoms with Crippen LogP contribution in [0.15, 0.2) is 119 Å². The van der Waals surface area contributed by atoms with Gasteiger partial charge in [-0.2, -0.15) is 4.31 Å². The van der Waals surface area contributed by atoms with Crippen LogP contribution in [0.25, 0.3) is 22.0 Å². The van der Waals surface area contributed by atoms with E-state index in [1.807, 2.05) is 61.5 Å². The third-order valence-corrected chi connectivity index (χ3v) is 15.0. The third kappa shape index (κ3) is 5.88. The lowest BCUT2D eigenvalue weighted by Gasteiger charge is -2.43. The van der Waals surface area contributed by atoms with E-state index < -0.39 is 18.3 Å². The van der Waals surface area contributed by atoms with Crippen molar-refractivity contribution >= 4 is 39.5 Å². The summed E-state index contributed by atoms with van der Waals surface area (Å²) in [5.74, 6) is 0. The molecule has 1 aromatic heterocycles. The van der Waals surface area contributed by atoms with Gasteiger partial charge < -0.3 is 9.41 Å². The topological polar surface area (TPSA) is 79.5 Å². The highest BCUT2D eigenvalue weighted by Gasteiger charge is 2.50. The number of hydrogen-bond acceptors (Lipinski definition) is 4. The summed E-state index contributed by atoms with van der Waals surface area (Å²) in [4.78, 5) is 15.8. The minimum absolute atomic E-state index is 0.173. The van der Waals surface area contributed by atoms with Crippen LogP contribution in [-0.4, -0.2) is 46.2 Å². The first-order chi connectivity index (χ1) is 20.4. The highest BCUT2D eigenvalue weighted by molar-refractivity contribution is 7.89. The molecule has 0 aliphatic carbocycles. The number of benzene rings is 4. The van der Waals surface area contributed by atoms with Crippen molar-refractivity contribution < 1.29 is 12.8 Å². The molecule has 0 atom stereocenters. The van der Waals surface area contributed by atoms with Gasteiger partial charge in [0.15, 0.2) is 0 Å². The van der Waals surface area contributed by atoms with Gasteiger partial charge in [0.1, 0.15) is 0 Å². The van der Waals surface area contributed by atoms with Crippen molar-refractivity contribution in [1.29, 1.82) is 0 Å². The van der Waals surface area contributed by atoms with Crippen molar-refractivity contribution in [3.63, 3.8) is 0 Å². The Morgan fingerprint density at radius 2 is 1.37 bits per heavy atom. The van der Waals surface area contributed by atoms with Gasteiger partial charge in [-0.15, -0.1) is 0 Å². The van der Waals surface area contributed by atoms with Crippen molar-refractivity contribution in [2.45, 2.75) is 37.6 Å². The first-order valence-corrected chi connectivity index (χ1v) is 17.7. The van der Waals surface area contributed by atoms with Crippen molar-refractivity contribution in [2.75, 3.05) is 20.2 Å². The van der Waals surface area contributed by atoms with Gasteiger partial charge in [0.25, 0.3) is 13.9 Å². The average Bonchev–Trinajstić information content (AvgIpc) is 3.00. The Balaban J connectivity index is 1.37. The summed E-state index contributed by atoms with van der Waals surface area (Å²) < 4.78 is 35.4. The molecule has 8 heteroatoms. The van der Waals surface area contributed by atoms with E-state index in [2.05, 4.69) is 50.0 Å². The number of hydrogen-bond donors (Lipinski definition) is 1. The third-order valence-electron chi connectivity index (χ3n) is 8.12. The minimum Gasteiger partial charge on any atom is -0.406 e. The van der Waals surface area contributed by atoms with Crippen LogP contribution in [0.3, 0.4) is 0 Å². The molecule has 43 heavy (non-hydrogen) atoms. The molecule has 0 fully saturated rings. The molecule has 222 valence electrons. The van der Waals surface area contributed by atoms with E-state index >= 15 is 0 Å². The van der Waals surface area contributed by atoms with Gasteiger partial charge in [-0.3, -0.25) is 4.79 Å². The summed E-state index contributed by atoms with van der Waals surface area (Å²) in [6.07, 6.45) is 0. The van der Waals surface area contributed by atoms with Crippen LogP contribution in [0.5, 0.6) is 0 Å². The van der Waals surface area contributed by atoms with Gasteiger partial charge in [0.05, 0.1) is 4.90 Å². The van der Waals surface area contributed by atoms with Gasteiger partial charge in [-0.1, -0.05) is 106 Å². The maximum absolute atomic E-state index is 13.6. The normalized spacial score (nSPS) is 12.6. The van der Waals surface area contributed by atoms with E-state index in [9.17, 15) is 13.2 Å². The molecule has 5 rings (SSSR count). The van der Waals surface area contributed by atoms with Crippen molar-refractivity contribution in [3.8, 4) is 11.3 Å². The van der Waals surface area contributed by atoms with E-state index in [0.29, 0.717) is 11.1 Å². The van der Waals surface area contributed by atoms with Crippen LogP contribution in [0.2, 0.25) is 5.04 Å². The van der Waals surface area contributed by atoms with E-state index in [-0.39, 0.29) is 28.6 Å². The predicted molar refractivity (Wildman–Crippen MR) is 178 cm³/mol. The van der Waals surface area contributed by atoms with Crippen LogP contribution in [0, 0.1) is 6.92 Å². The molecular formula is C35H38N2O4SSi. The SMILES string of the molecule is Cc1cccc2c(=O)[nH]c(-c3ccc(S(=O)(=O)N(C)CCO[Si](c4ccccc4)(c4ccccc4)C(C)(C)C)cc3)cc12. The fourth-order valence-corrected chi connectivity index (χ4v) is 11.5. The fourth-order valence-electron chi connectivity index (χ4n) is 5.79. The second-order valence-corrected chi connectivity index (χ2v) is 18.3. The largest absolute Gasteiger partial charge is 0.406 e. The summed E-state index contributed by atoms with van der Waals surface area (Å²) >= 11 is 0. The van der Waals surface area contributed by atoms with Gasteiger partial charge >= 0.3 is 0 Å². The number of nitrogens with one attached hydrogen (secondary N) is 1. The molecule has 0 aliphatic rings. The van der Waals surface area contributed by atoms with Crippen LogP contribution in [-0.2, 0) is 14.4 Å². The van der Waals surface area contributed by atoms with Gasteiger partial charge in [0.2, 0.25) is 10.0 Å². The summed E-state index contributed by atoms with van der Waals surface area (Å²) in [6, 6.07) is 34.8. The standard InChI is InChI=1S/C35H38N2O4SSi/c1-26-13-12-18-31-32(26)25-33(36-34(31)38)27-19-21-28(22-20-27)42(39,40)37(5)23-24-41-43(35(2,3)4,29-14-8-6-9-15-29)30-16-10-7-11-17-30/h6-22,25H,23-24H2,1-5H3,(H,36,38). The summed E-state index contributed by atoms with van der Waals surface area (Å²) in [5.41, 5.74) is 2.21. The smallest absolute Gasteiger partial charge is 0.261 e. The number of likely N-dealkylation sites (N-methyl/N-ethyl adjacent to an activating group) is 1. The van der Waals surface area contributed by atoms with Crippen molar-refractivity contribution in [1.82, 2.24) is 9.29 Å². The lowest BCUT2D eigenvalue weighted by molar-refractivity contribution is 0.271. The number of rotatable bonds is 9. The van der Waals surface area contributed by atoms with Crippen LogP contribution >= 0.6 is 0 Å². The number of aryl methyl sites for hydroxylation is 1. The van der Waals surface area contributed by atoms with Crippen molar-refractivity contribution in [2.24, 2.45) is 0 Å². The van der Waals surface area contributed by atoms with Crippen molar-refractivity contribution in [3.05, 3.63) is 125 Å². The summed E-state index contributed by atoms with van der Waals surface area (Å²) in [5, 5.41) is 3.60. The molecule has 0 amide bonds. The first kappa shape index (κ1) is 30.6. The maximum Gasteiger partial charge on any atom is 0.261 e.